The summed E-state index contributed by atoms with van der Waals surface area (Å²) < 4.78 is 0. The molecule has 0 atom stereocenters. The highest BCUT2D eigenvalue weighted by Gasteiger charge is 1.97. The van der Waals surface area contributed by atoms with Crippen molar-refractivity contribution in [2.75, 3.05) is 13.1 Å². The highest BCUT2D eigenvalue weighted by Crippen LogP contribution is 2.10. The van der Waals surface area contributed by atoms with Crippen molar-refractivity contribution in [3.8, 4) is 0 Å². The summed E-state index contributed by atoms with van der Waals surface area (Å²) in [7, 11) is 0. The van der Waals surface area contributed by atoms with Crippen molar-refractivity contribution in [1.29, 1.82) is 0 Å². The van der Waals surface area contributed by atoms with Crippen LogP contribution in [0.15, 0.2) is 0 Å². The van der Waals surface area contributed by atoms with Gasteiger partial charge in [0.25, 0.3) is 0 Å². The number of hydrogen-bond acceptors (Lipinski definition) is 1. The third kappa shape index (κ3) is 15.2. The molecule has 0 aromatic heterocycles. The van der Waals surface area contributed by atoms with Crippen LogP contribution in [-0.2, 0) is 0 Å². The van der Waals surface area contributed by atoms with E-state index in [0.717, 1.165) is 25.9 Å². The van der Waals surface area contributed by atoms with Gasteiger partial charge in [0.15, 0.2) is 0 Å². The molecule has 0 radical (unpaired) electrons. The van der Waals surface area contributed by atoms with Gasteiger partial charge in [-0.05, 0) is 12.8 Å². The fraction of sp³-hybridized carbons (Fsp3) is 0.938. The number of unbranched alkanes of at least 4 members (excludes halogenated alkanes) is 9. The molecule has 0 saturated heterocycles. The maximum Gasteiger partial charge on any atom is 0.314 e. The quantitative estimate of drug-likeness (QED) is 0.471. The van der Waals surface area contributed by atoms with Gasteiger partial charge in [-0.2, -0.15) is 0 Å². The molecule has 114 valence electrons. The van der Waals surface area contributed by atoms with Crippen molar-refractivity contribution in [3.05, 3.63) is 0 Å². The SMILES string of the molecule is CCCCCCCCCCCCNC(=O)NCCC. The Morgan fingerprint density at radius 1 is 0.632 bits per heavy atom. The Hall–Kier alpha value is -0.730. The largest absolute Gasteiger partial charge is 0.338 e. The first-order valence-electron chi connectivity index (χ1n) is 8.33. The van der Waals surface area contributed by atoms with E-state index in [9.17, 15) is 4.79 Å². The Morgan fingerprint density at radius 3 is 1.63 bits per heavy atom. The van der Waals surface area contributed by atoms with Gasteiger partial charge in [-0.15, -0.1) is 0 Å². The van der Waals surface area contributed by atoms with Crippen molar-refractivity contribution in [3.63, 3.8) is 0 Å². The van der Waals surface area contributed by atoms with Gasteiger partial charge >= 0.3 is 6.03 Å². The Kier molecular flexibility index (Phi) is 14.7. The van der Waals surface area contributed by atoms with E-state index in [-0.39, 0.29) is 6.03 Å². The predicted octanol–water partition coefficient (Wildman–Crippen LogP) is 4.62. The van der Waals surface area contributed by atoms with Crippen LogP contribution in [0.1, 0.15) is 84.5 Å². The van der Waals surface area contributed by atoms with Gasteiger partial charge in [-0.3, -0.25) is 0 Å². The third-order valence-electron chi connectivity index (χ3n) is 3.35. The van der Waals surface area contributed by atoms with Crippen LogP contribution >= 0.6 is 0 Å². The van der Waals surface area contributed by atoms with Crippen molar-refractivity contribution < 1.29 is 4.79 Å². The van der Waals surface area contributed by atoms with Crippen LogP contribution < -0.4 is 10.6 Å². The van der Waals surface area contributed by atoms with Gasteiger partial charge < -0.3 is 10.6 Å². The first-order chi connectivity index (χ1) is 9.31. The molecule has 0 bridgehead atoms. The summed E-state index contributed by atoms with van der Waals surface area (Å²) in [6, 6.07) is -0.0159. The average Bonchev–Trinajstić information content (AvgIpc) is 2.42. The lowest BCUT2D eigenvalue weighted by molar-refractivity contribution is 0.240. The molecule has 2 N–H and O–H groups in total. The van der Waals surface area contributed by atoms with Crippen LogP contribution in [0.4, 0.5) is 4.79 Å². The molecule has 0 aliphatic rings. The molecule has 19 heavy (non-hydrogen) atoms. The van der Waals surface area contributed by atoms with Crippen LogP contribution in [0.2, 0.25) is 0 Å². The molecule has 0 aromatic rings. The summed E-state index contributed by atoms with van der Waals surface area (Å²) in [6.07, 6.45) is 14.3. The van der Waals surface area contributed by atoms with Gasteiger partial charge in [0.2, 0.25) is 0 Å². The average molecular weight is 270 g/mol. The molecule has 0 aliphatic heterocycles. The van der Waals surface area contributed by atoms with Crippen LogP contribution in [0, 0.1) is 0 Å². The topological polar surface area (TPSA) is 41.1 Å². The summed E-state index contributed by atoms with van der Waals surface area (Å²) in [5.41, 5.74) is 0. The maximum absolute atomic E-state index is 11.2. The number of carbonyl (C=O) groups is 1. The number of nitrogens with one attached hydrogen (secondary N) is 2. The number of urea groups is 1. The normalized spacial score (nSPS) is 10.4. The number of amides is 2. The van der Waals surface area contributed by atoms with E-state index in [1.54, 1.807) is 0 Å². The molecule has 2 amide bonds. The Bertz CT molecular complexity index is 195. The van der Waals surface area contributed by atoms with E-state index in [4.69, 9.17) is 0 Å². The highest BCUT2D eigenvalue weighted by molar-refractivity contribution is 5.73. The molecular weight excluding hydrogens is 236 g/mol. The van der Waals surface area contributed by atoms with E-state index in [2.05, 4.69) is 24.5 Å². The summed E-state index contributed by atoms with van der Waals surface area (Å²) in [4.78, 5) is 11.2. The molecule has 3 nitrogen and oxygen atoms in total. The lowest BCUT2D eigenvalue weighted by Gasteiger charge is -2.06. The molecule has 0 heterocycles. The van der Waals surface area contributed by atoms with E-state index in [1.807, 2.05) is 0 Å². The smallest absolute Gasteiger partial charge is 0.314 e. The standard InChI is InChI=1S/C16H34N2O/c1-3-5-6-7-8-9-10-11-12-13-15-18-16(19)17-14-4-2/h3-15H2,1-2H3,(H2,17,18,19). The minimum Gasteiger partial charge on any atom is -0.338 e. The molecule has 0 rings (SSSR count). The van der Waals surface area contributed by atoms with Crippen LogP contribution in [0.5, 0.6) is 0 Å². The zero-order valence-corrected chi connectivity index (χ0v) is 13.1. The van der Waals surface area contributed by atoms with E-state index >= 15 is 0 Å². The number of carbonyl (C=O) groups excluding carboxylic acids is 1. The van der Waals surface area contributed by atoms with Crippen LogP contribution in [0.3, 0.4) is 0 Å². The van der Waals surface area contributed by atoms with Gasteiger partial charge in [0.1, 0.15) is 0 Å². The van der Waals surface area contributed by atoms with E-state index in [1.165, 1.54) is 57.8 Å². The predicted molar refractivity (Wildman–Crippen MR) is 83.5 cm³/mol. The van der Waals surface area contributed by atoms with Gasteiger partial charge in [0, 0.05) is 13.1 Å². The number of hydrogen-bond donors (Lipinski definition) is 2. The summed E-state index contributed by atoms with van der Waals surface area (Å²) in [6.45, 7) is 5.90. The van der Waals surface area contributed by atoms with E-state index in [0.29, 0.717) is 0 Å². The Labute approximate surface area is 119 Å². The first-order valence-corrected chi connectivity index (χ1v) is 8.33. The molecule has 0 unspecified atom stereocenters. The van der Waals surface area contributed by atoms with Crippen molar-refractivity contribution in [2.45, 2.75) is 84.5 Å². The monoisotopic (exact) mass is 270 g/mol. The fourth-order valence-corrected chi connectivity index (χ4v) is 2.12. The van der Waals surface area contributed by atoms with Gasteiger partial charge in [-0.25, -0.2) is 4.79 Å². The fourth-order valence-electron chi connectivity index (χ4n) is 2.12. The lowest BCUT2D eigenvalue weighted by Crippen LogP contribution is -2.36. The minimum absolute atomic E-state index is 0.0159. The second kappa shape index (κ2) is 15.3. The van der Waals surface area contributed by atoms with Crippen molar-refractivity contribution >= 4 is 6.03 Å². The van der Waals surface area contributed by atoms with Gasteiger partial charge in [0.05, 0.1) is 0 Å². The van der Waals surface area contributed by atoms with Gasteiger partial charge in [-0.1, -0.05) is 71.6 Å². The maximum atomic E-state index is 11.2. The van der Waals surface area contributed by atoms with E-state index < -0.39 is 0 Å². The first kappa shape index (κ1) is 18.3. The second-order valence-corrected chi connectivity index (χ2v) is 5.36. The molecule has 0 saturated carbocycles. The summed E-state index contributed by atoms with van der Waals surface area (Å²) >= 11 is 0. The van der Waals surface area contributed by atoms with Crippen molar-refractivity contribution in [1.82, 2.24) is 10.6 Å². The lowest BCUT2D eigenvalue weighted by atomic mass is 10.1. The summed E-state index contributed by atoms with van der Waals surface area (Å²) in [5, 5.41) is 5.71. The Balaban J connectivity index is 3.04. The van der Waals surface area contributed by atoms with Crippen molar-refractivity contribution in [2.24, 2.45) is 0 Å². The molecule has 0 aliphatic carbocycles. The highest BCUT2D eigenvalue weighted by atomic mass is 16.2. The minimum atomic E-state index is -0.0159. The molecular formula is C16H34N2O. The zero-order chi connectivity index (χ0) is 14.2. The van der Waals surface area contributed by atoms with Crippen LogP contribution in [-0.4, -0.2) is 19.1 Å². The summed E-state index contributed by atoms with van der Waals surface area (Å²) in [5.74, 6) is 0. The third-order valence-corrected chi connectivity index (χ3v) is 3.35. The molecule has 0 spiro atoms. The van der Waals surface area contributed by atoms with Crippen LogP contribution in [0.25, 0.3) is 0 Å². The number of rotatable bonds is 13. The second-order valence-electron chi connectivity index (χ2n) is 5.36. The molecule has 0 aromatic carbocycles. The molecule has 3 heteroatoms. The zero-order valence-electron chi connectivity index (χ0n) is 13.1. The molecule has 0 fully saturated rings. The Morgan fingerprint density at radius 2 is 1.11 bits per heavy atom.